The first-order valence-corrected chi connectivity index (χ1v) is 10.4. The molecule has 0 radical (unpaired) electrons. The van der Waals surface area contributed by atoms with Crippen LogP contribution in [0.2, 0.25) is 0 Å². The van der Waals surface area contributed by atoms with Gasteiger partial charge in [-0.2, -0.15) is 0 Å². The minimum atomic E-state index is -1.50. The molecule has 1 aliphatic carbocycles. The monoisotopic (exact) mass is 454 g/mol. The maximum atomic E-state index is 10.6. The van der Waals surface area contributed by atoms with Crippen molar-refractivity contribution < 1.29 is 54.7 Å². The Kier molecular flexibility index (Phi) is 8.24. The van der Waals surface area contributed by atoms with E-state index in [1.165, 1.54) is 0 Å². The van der Waals surface area contributed by atoms with Crippen LogP contribution in [0.1, 0.15) is 13.3 Å². The predicted octanol–water partition coefficient (Wildman–Crippen LogP) is -5.31. The molecule has 0 aromatic rings. The first-order valence-electron chi connectivity index (χ1n) is 10.4. The summed E-state index contributed by atoms with van der Waals surface area (Å²) in [6.45, 7) is 0.461. The van der Waals surface area contributed by atoms with Crippen molar-refractivity contribution in [3.63, 3.8) is 0 Å². The van der Waals surface area contributed by atoms with Crippen molar-refractivity contribution in [2.45, 2.75) is 92.9 Å². The summed E-state index contributed by atoms with van der Waals surface area (Å²) in [6, 6.07) is -1.52. The van der Waals surface area contributed by atoms with Crippen LogP contribution in [-0.2, 0) is 18.9 Å². The lowest BCUT2D eigenvalue weighted by atomic mass is 9.84. The van der Waals surface area contributed by atoms with Crippen molar-refractivity contribution in [2.75, 3.05) is 13.2 Å². The molecule has 0 aromatic heterocycles. The van der Waals surface area contributed by atoms with Crippen LogP contribution in [0.5, 0.6) is 0 Å². The topological polar surface area (TPSA) is 231 Å². The third-order valence-corrected chi connectivity index (χ3v) is 6.33. The largest absolute Gasteiger partial charge is 0.394 e. The molecule has 2 aliphatic heterocycles. The van der Waals surface area contributed by atoms with Gasteiger partial charge in [-0.05, 0) is 6.42 Å². The second-order valence-corrected chi connectivity index (χ2v) is 8.53. The van der Waals surface area contributed by atoms with Crippen LogP contribution >= 0.6 is 0 Å². The molecule has 2 heterocycles. The molecule has 0 spiro atoms. The van der Waals surface area contributed by atoms with E-state index >= 15 is 0 Å². The van der Waals surface area contributed by atoms with Crippen molar-refractivity contribution in [2.24, 2.45) is 17.4 Å². The number of rotatable bonds is 6. The lowest BCUT2D eigenvalue weighted by Crippen LogP contribution is -2.65. The van der Waals surface area contributed by atoms with E-state index in [1.54, 1.807) is 6.92 Å². The fourth-order valence-corrected chi connectivity index (χ4v) is 4.27. The van der Waals surface area contributed by atoms with E-state index < -0.39 is 98.7 Å². The third-order valence-electron chi connectivity index (χ3n) is 6.33. The Morgan fingerprint density at radius 3 is 1.81 bits per heavy atom. The standard InChI is InChI=1S/C18H34N2O11/c1-5-10(23)12(25)8(3-21)28-17(5)30-15-7(20)2-6(19)11(24)16(15)31-18-14(27)13(26)9(4-22)29-18/h5-18,21-27H,2-4,19-20H2,1H3/t5?,6-,7?,8?,9-,10?,11?,12+,13?,14?,15-,16?,17-,18+/m1/s1. The van der Waals surface area contributed by atoms with E-state index in [1.807, 2.05) is 0 Å². The van der Waals surface area contributed by atoms with Gasteiger partial charge in [0.2, 0.25) is 0 Å². The Labute approximate surface area is 179 Å². The fourth-order valence-electron chi connectivity index (χ4n) is 4.27. The Morgan fingerprint density at radius 2 is 1.23 bits per heavy atom. The molecule has 13 nitrogen and oxygen atoms in total. The van der Waals surface area contributed by atoms with Gasteiger partial charge in [0.15, 0.2) is 12.6 Å². The molecule has 14 atom stereocenters. The molecular weight excluding hydrogens is 420 g/mol. The second-order valence-electron chi connectivity index (χ2n) is 8.53. The van der Waals surface area contributed by atoms with Crippen molar-refractivity contribution in [3.8, 4) is 0 Å². The molecule has 182 valence electrons. The summed E-state index contributed by atoms with van der Waals surface area (Å²) >= 11 is 0. The number of hydrogen-bond donors (Lipinski definition) is 9. The van der Waals surface area contributed by atoms with Crippen LogP contribution in [0.25, 0.3) is 0 Å². The summed E-state index contributed by atoms with van der Waals surface area (Å²) < 4.78 is 22.6. The number of nitrogens with two attached hydrogens (primary N) is 2. The first kappa shape index (κ1) is 25.1. The highest BCUT2D eigenvalue weighted by Crippen LogP contribution is 2.33. The highest BCUT2D eigenvalue weighted by atomic mass is 16.7. The van der Waals surface area contributed by atoms with Gasteiger partial charge >= 0.3 is 0 Å². The summed E-state index contributed by atoms with van der Waals surface area (Å²) in [7, 11) is 0. The van der Waals surface area contributed by atoms with Gasteiger partial charge in [0.25, 0.3) is 0 Å². The van der Waals surface area contributed by atoms with Gasteiger partial charge in [-0.25, -0.2) is 0 Å². The molecular formula is C18H34N2O11. The first-order chi connectivity index (χ1) is 14.6. The van der Waals surface area contributed by atoms with Crippen LogP contribution in [0.15, 0.2) is 0 Å². The lowest BCUT2D eigenvalue weighted by Gasteiger charge is -2.47. The van der Waals surface area contributed by atoms with Crippen LogP contribution in [0.4, 0.5) is 0 Å². The number of aliphatic hydroxyl groups is 7. The SMILES string of the molecule is CC1C(O)[C@@H](O)C(CO)O[C@@H]1O[C@@H]1C(N)C[C@@H](N)C(O)C1O[C@@H]1O[C@H](CO)C(O)C1O. The lowest BCUT2D eigenvalue weighted by molar-refractivity contribution is -0.321. The predicted molar refractivity (Wildman–Crippen MR) is 101 cm³/mol. The van der Waals surface area contributed by atoms with Crippen LogP contribution in [0, 0.1) is 5.92 Å². The van der Waals surface area contributed by atoms with E-state index in [9.17, 15) is 35.7 Å². The van der Waals surface area contributed by atoms with Crippen LogP contribution in [0.3, 0.4) is 0 Å². The third kappa shape index (κ3) is 4.89. The second kappa shape index (κ2) is 10.2. The molecule has 3 rings (SSSR count). The van der Waals surface area contributed by atoms with E-state index in [-0.39, 0.29) is 6.42 Å². The van der Waals surface area contributed by atoms with E-state index in [2.05, 4.69) is 0 Å². The van der Waals surface area contributed by atoms with Gasteiger partial charge in [0, 0.05) is 18.0 Å². The summed E-state index contributed by atoms with van der Waals surface area (Å²) in [4.78, 5) is 0. The zero-order valence-corrected chi connectivity index (χ0v) is 17.1. The maximum Gasteiger partial charge on any atom is 0.187 e. The van der Waals surface area contributed by atoms with Crippen molar-refractivity contribution in [3.05, 3.63) is 0 Å². The quantitative estimate of drug-likeness (QED) is 0.183. The summed E-state index contributed by atoms with van der Waals surface area (Å²) in [5.74, 6) is -0.715. The number of ether oxygens (including phenoxy) is 4. The highest BCUT2D eigenvalue weighted by molar-refractivity contribution is 5.00. The molecule has 3 fully saturated rings. The Bertz CT molecular complexity index is 587. The molecule has 0 aromatic carbocycles. The minimum absolute atomic E-state index is 0.164. The summed E-state index contributed by atoms with van der Waals surface area (Å²) in [5, 5.41) is 69.7. The zero-order valence-electron chi connectivity index (χ0n) is 17.1. The average Bonchev–Trinajstić information content (AvgIpc) is 3.02. The van der Waals surface area contributed by atoms with E-state index in [4.69, 9.17) is 30.4 Å². The Hall–Kier alpha value is -0.520. The molecule has 8 unspecified atom stereocenters. The Balaban J connectivity index is 1.78. The molecule has 11 N–H and O–H groups in total. The van der Waals surface area contributed by atoms with Crippen LogP contribution in [-0.4, -0.2) is 129 Å². The molecule has 13 heteroatoms. The molecule has 3 aliphatic rings. The summed E-state index contributed by atoms with van der Waals surface area (Å²) in [6.07, 6.45) is -13.5. The maximum absolute atomic E-state index is 10.6. The average molecular weight is 454 g/mol. The molecule has 2 saturated heterocycles. The Morgan fingerprint density at radius 1 is 0.710 bits per heavy atom. The van der Waals surface area contributed by atoms with Gasteiger partial charge in [0.1, 0.15) is 42.7 Å². The number of aliphatic hydroxyl groups excluding tert-OH is 7. The van der Waals surface area contributed by atoms with Gasteiger partial charge in [0.05, 0.1) is 25.4 Å². The van der Waals surface area contributed by atoms with Crippen molar-refractivity contribution in [1.82, 2.24) is 0 Å². The van der Waals surface area contributed by atoms with E-state index in [0.717, 1.165) is 0 Å². The molecule has 0 amide bonds. The molecule has 31 heavy (non-hydrogen) atoms. The van der Waals surface area contributed by atoms with Crippen molar-refractivity contribution >= 4 is 0 Å². The van der Waals surface area contributed by atoms with Gasteiger partial charge in [-0.3, -0.25) is 0 Å². The normalized spacial score (nSPS) is 53.6. The zero-order chi connectivity index (χ0) is 23.0. The molecule has 1 saturated carbocycles. The summed E-state index contributed by atoms with van der Waals surface area (Å²) in [5.41, 5.74) is 12.2. The van der Waals surface area contributed by atoms with Gasteiger partial charge in [-0.15, -0.1) is 0 Å². The van der Waals surface area contributed by atoms with Gasteiger partial charge in [-0.1, -0.05) is 6.92 Å². The molecule has 0 bridgehead atoms. The minimum Gasteiger partial charge on any atom is -0.394 e. The van der Waals surface area contributed by atoms with E-state index in [0.29, 0.717) is 0 Å². The van der Waals surface area contributed by atoms with Crippen molar-refractivity contribution in [1.29, 1.82) is 0 Å². The smallest absolute Gasteiger partial charge is 0.187 e. The van der Waals surface area contributed by atoms with Crippen LogP contribution < -0.4 is 11.5 Å². The van der Waals surface area contributed by atoms with Gasteiger partial charge < -0.3 is 66.2 Å². The highest BCUT2D eigenvalue weighted by Gasteiger charge is 2.51. The fraction of sp³-hybridized carbons (Fsp3) is 1.00. The number of hydrogen-bond acceptors (Lipinski definition) is 13.